The zero-order valence-electron chi connectivity index (χ0n) is 13.1. The topological polar surface area (TPSA) is 77.9 Å². The van der Waals surface area contributed by atoms with Crippen LogP contribution >= 0.6 is 0 Å². The Morgan fingerprint density at radius 1 is 1.24 bits per heavy atom. The molecule has 2 aliphatic heterocycles. The number of carboxylic acid groups (broad SMARTS) is 1. The Morgan fingerprint density at radius 3 is 2.24 bits per heavy atom. The molecule has 3 atom stereocenters. The van der Waals surface area contributed by atoms with Crippen molar-refractivity contribution in [2.45, 2.75) is 40.0 Å². The lowest BCUT2D eigenvalue weighted by Gasteiger charge is -2.36. The van der Waals surface area contributed by atoms with Gasteiger partial charge in [0.05, 0.1) is 5.41 Å². The van der Waals surface area contributed by atoms with Crippen molar-refractivity contribution in [2.75, 3.05) is 26.2 Å². The summed E-state index contributed by atoms with van der Waals surface area (Å²) in [4.78, 5) is 11.5. The van der Waals surface area contributed by atoms with Crippen LogP contribution in [0.5, 0.6) is 0 Å². The number of piperidine rings is 1. The highest BCUT2D eigenvalue weighted by atomic mass is 32.2. The zero-order valence-corrected chi connectivity index (χ0v) is 13.9. The monoisotopic (exact) mass is 318 g/mol. The van der Waals surface area contributed by atoms with Crippen LogP contribution < -0.4 is 0 Å². The minimum atomic E-state index is -3.54. The standard InChI is InChI=1S/C14H26N2O4S/c1-4-14(13(17)18)5-6-15(10-14)21(19,20)16-8-11(2)7-12(3)9-16/h11-12H,4-10H2,1-3H3,(H,17,18). The maximum absolute atomic E-state index is 12.8. The first-order valence-electron chi connectivity index (χ1n) is 7.70. The molecule has 0 aromatic heterocycles. The number of hydrogen-bond acceptors (Lipinski definition) is 3. The van der Waals surface area contributed by atoms with Crippen LogP contribution in [0.4, 0.5) is 0 Å². The van der Waals surface area contributed by atoms with E-state index in [1.165, 1.54) is 4.31 Å². The van der Waals surface area contributed by atoms with E-state index in [0.717, 1.165) is 6.42 Å². The second-order valence-corrected chi connectivity index (χ2v) is 8.72. The first-order valence-corrected chi connectivity index (χ1v) is 9.09. The lowest BCUT2D eigenvalue weighted by molar-refractivity contribution is -0.148. The van der Waals surface area contributed by atoms with Gasteiger partial charge in [0, 0.05) is 26.2 Å². The molecule has 0 aromatic rings. The average Bonchev–Trinajstić information content (AvgIpc) is 2.84. The molecular weight excluding hydrogens is 292 g/mol. The van der Waals surface area contributed by atoms with E-state index in [0.29, 0.717) is 44.3 Å². The van der Waals surface area contributed by atoms with E-state index in [1.54, 1.807) is 4.31 Å². The van der Waals surface area contributed by atoms with E-state index in [4.69, 9.17) is 0 Å². The molecule has 0 saturated carbocycles. The van der Waals surface area contributed by atoms with E-state index in [-0.39, 0.29) is 6.54 Å². The SMILES string of the molecule is CCC1(C(=O)O)CCN(S(=O)(=O)N2CC(C)CC(C)C2)C1. The lowest BCUT2D eigenvalue weighted by atomic mass is 9.85. The average molecular weight is 318 g/mol. The van der Waals surface area contributed by atoms with Gasteiger partial charge in [-0.05, 0) is 31.1 Å². The maximum Gasteiger partial charge on any atom is 0.311 e. The highest BCUT2D eigenvalue weighted by Gasteiger charge is 2.48. The molecule has 0 radical (unpaired) electrons. The molecule has 2 aliphatic rings. The van der Waals surface area contributed by atoms with Crippen molar-refractivity contribution < 1.29 is 18.3 Å². The van der Waals surface area contributed by atoms with Gasteiger partial charge >= 0.3 is 5.97 Å². The van der Waals surface area contributed by atoms with Crippen molar-refractivity contribution >= 4 is 16.2 Å². The Morgan fingerprint density at radius 2 is 1.81 bits per heavy atom. The Bertz CT molecular complexity index is 497. The molecule has 0 aliphatic carbocycles. The smallest absolute Gasteiger partial charge is 0.311 e. The Hall–Kier alpha value is -0.660. The summed E-state index contributed by atoms with van der Waals surface area (Å²) in [6.07, 6.45) is 1.90. The van der Waals surface area contributed by atoms with Crippen LogP contribution in [-0.2, 0) is 15.0 Å². The van der Waals surface area contributed by atoms with Crippen molar-refractivity contribution in [2.24, 2.45) is 17.3 Å². The molecule has 2 fully saturated rings. The largest absolute Gasteiger partial charge is 0.481 e. The van der Waals surface area contributed by atoms with Crippen molar-refractivity contribution in [1.29, 1.82) is 0 Å². The fraction of sp³-hybridized carbons (Fsp3) is 0.929. The van der Waals surface area contributed by atoms with Gasteiger partial charge in [0.15, 0.2) is 0 Å². The summed E-state index contributed by atoms with van der Waals surface area (Å²) in [5.41, 5.74) is -0.917. The van der Waals surface area contributed by atoms with Crippen molar-refractivity contribution in [1.82, 2.24) is 8.61 Å². The van der Waals surface area contributed by atoms with Gasteiger partial charge in [0.1, 0.15) is 0 Å². The molecule has 6 nitrogen and oxygen atoms in total. The fourth-order valence-corrected chi connectivity index (χ4v) is 5.55. The molecule has 2 heterocycles. The van der Waals surface area contributed by atoms with Crippen molar-refractivity contribution in [3.63, 3.8) is 0 Å². The van der Waals surface area contributed by atoms with Gasteiger partial charge in [-0.3, -0.25) is 4.79 Å². The third kappa shape index (κ3) is 3.10. The van der Waals surface area contributed by atoms with E-state index in [2.05, 4.69) is 13.8 Å². The fourth-order valence-electron chi connectivity index (χ4n) is 3.60. The molecule has 0 spiro atoms. The number of carbonyl (C=O) groups is 1. The number of carboxylic acids is 1. The van der Waals surface area contributed by atoms with Gasteiger partial charge in [-0.1, -0.05) is 20.8 Å². The van der Waals surface area contributed by atoms with Gasteiger partial charge < -0.3 is 5.11 Å². The molecule has 0 bridgehead atoms. The van der Waals surface area contributed by atoms with Gasteiger partial charge in [-0.25, -0.2) is 0 Å². The van der Waals surface area contributed by atoms with Gasteiger partial charge in [0.25, 0.3) is 10.2 Å². The number of aliphatic carboxylic acids is 1. The van der Waals surface area contributed by atoms with Crippen molar-refractivity contribution in [3.05, 3.63) is 0 Å². The van der Waals surface area contributed by atoms with E-state index in [1.807, 2.05) is 6.92 Å². The second kappa shape index (κ2) is 5.85. The highest BCUT2D eigenvalue weighted by Crippen LogP contribution is 2.37. The summed E-state index contributed by atoms with van der Waals surface area (Å²) in [7, 11) is -3.54. The van der Waals surface area contributed by atoms with Crippen LogP contribution in [0, 0.1) is 17.3 Å². The molecule has 0 aromatic carbocycles. The molecule has 3 unspecified atom stereocenters. The summed E-state index contributed by atoms with van der Waals surface area (Å²) < 4.78 is 28.4. The molecule has 2 rings (SSSR count). The van der Waals surface area contributed by atoms with Gasteiger partial charge in [-0.2, -0.15) is 17.0 Å². The summed E-state index contributed by atoms with van der Waals surface area (Å²) in [5.74, 6) is -0.189. The maximum atomic E-state index is 12.8. The van der Waals surface area contributed by atoms with Crippen LogP contribution in [0.25, 0.3) is 0 Å². The Kier molecular flexibility index (Phi) is 4.66. The summed E-state index contributed by atoms with van der Waals surface area (Å²) in [5, 5.41) is 9.41. The quantitative estimate of drug-likeness (QED) is 0.850. The van der Waals surface area contributed by atoms with Crippen LogP contribution in [0.2, 0.25) is 0 Å². The molecule has 2 saturated heterocycles. The van der Waals surface area contributed by atoms with Crippen LogP contribution in [-0.4, -0.2) is 54.3 Å². The first kappa shape index (κ1) is 16.7. The van der Waals surface area contributed by atoms with E-state index < -0.39 is 21.6 Å². The molecule has 0 amide bonds. The first-order chi connectivity index (χ1) is 9.71. The van der Waals surface area contributed by atoms with E-state index >= 15 is 0 Å². The number of rotatable bonds is 4. The second-order valence-electron chi connectivity index (χ2n) is 6.79. The molecule has 1 N–H and O–H groups in total. The summed E-state index contributed by atoms with van der Waals surface area (Å²) in [6, 6.07) is 0. The molecule has 7 heteroatoms. The number of nitrogens with zero attached hydrogens (tertiary/aromatic N) is 2. The van der Waals surface area contributed by atoms with Crippen LogP contribution in [0.1, 0.15) is 40.0 Å². The third-order valence-corrected chi connectivity index (χ3v) is 6.85. The van der Waals surface area contributed by atoms with Crippen molar-refractivity contribution in [3.8, 4) is 0 Å². The van der Waals surface area contributed by atoms with Gasteiger partial charge in [0.2, 0.25) is 0 Å². The summed E-state index contributed by atoms with van der Waals surface area (Å²) in [6.45, 7) is 7.42. The predicted octanol–water partition coefficient (Wildman–Crippen LogP) is 1.40. The minimum Gasteiger partial charge on any atom is -0.481 e. The van der Waals surface area contributed by atoms with Gasteiger partial charge in [-0.15, -0.1) is 0 Å². The lowest BCUT2D eigenvalue weighted by Crippen LogP contribution is -2.49. The third-order valence-electron chi connectivity index (χ3n) is 4.94. The van der Waals surface area contributed by atoms with Crippen LogP contribution in [0.15, 0.2) is 0 Å². The predicted molar refractivity (Wildman–Crippen MR) is 80.0 cm³/mol. The zero-order chi connectivity index (χ0) is 15.8. The highest BCUT2D eigenvalue weighted by molar-refractivity contribution is 7.86. The molecule has 21 heavy (non-hydrogen) atoms. The van der Waals surface area contributed by atoms with E-state index in [9.17, 15) is 18.3 Å². The minimum absolute atomic E-state index is 0.0976. The molecular formula is C14H26N2O4S. The Labute approximate surface area is 127 Å². The Balaban J connectivity index is 2.16. The summed E-state index contributed by atoms with van der Waals surface area (Å²) >= 11 is 0. The normalized spacial score (nSPS) is 36.0. The number of hydrogen-bond donors (Lipinski definition) is 1. The molecule has 122 valence electrons. The van der Waals surface area contributed by atoms with Crippen LogP contribution in [0.3, 0.4) is 0 Å².